The van der Waals surface area contributed by atoms with Gasteiger partial charge in [0, 0.05) is 63.6 Å². The Bertz CT molecular complexity index is 980. The molecule has 1 aromatic carbocycles. The first kappa shape index (κ1) is 27.2. The van der Waals surface area contributed by atoms with Crippen molar-refractivity contribution in [2.45, 2.75) is 57.7 Å². The first-order valence-electron chi connectivity index (χ1n) is 13.5. The molecule has 0 spiro atoms. The third-order valence-corrected chi connectivity index (χ3v) is 7.35. The van der Waals surface area contributed by atoms with Crippen molar-refractivity contribution in [3.8, 4) is 0 Å². The fraction of sp³-hybridized carbons (Fsp3) is 0.571. The third-order valence-electron chi connectivity index (χ3n) is 7.35. The van der Waals surface area contributed by atoms with E-state index in [4.69, 9.17) is 0 Å². The number of alkyl halides is 3. The molecule has 0 bridgehead atoms. The van der Waals surface area contributed by atoms with Crippen LogP contribution in [0.4, 0.5) is 24.7 Å². The van der Waals surface area contributed by atoms with Crippen LogP contribution in [-0.2, 0) is 17.4 Å². The number of aromatic nitrogens is 1. The molecule has 2 aliphatic rings. The molecular weight excluding hydrogens is 479 g/mol. The summed E-state index contributed by atoms with van der Waals surface area (Å²) < 4.78 is 38.2. The number of hydrogen-bond donors (Lipinski definition) is 1. The van der Waals surface area contributed by atoms with Crippen LogP contribution in [0.15, 0.2) is 42.6 Å². The average molecular weight is 518 g/mol. The summed E-state index contributed by atoms with van der Waals surface area (Å²) in [6, 6.07) is 11.5. The van der Waals surface area contributed by atoms with Gasteiger partial charge < -0.3 is 15.1 Å². The molecule has 2 aromatic rings. The average Bonchev–Trinajstić information content (AvgIpc) is 2.90. The van der Waals surface area contributed by atoms with Gasteiger partial charge in [0.25, 0.3) is 0 Å². The highest BCUT2D eigenvalue weighted by molar-refractivity contribution is 5.76. The number of halogens is 3. The predicted molar refractivity (Wildman–Crippen MR) is 141 cm³/mol. The fourth-order valence-corrected chi connectivity index (χ4v) is 5.15. The van der Waals surface area contributed by atoms with Crippen LogP contribution in [0.3, 0.4) is 0 Å². The summed E-state index contributed by atoms with van der Waals surface area (Å²) >= 11 is 0. The largest absolute Gasteiger partial charge is 0.417 e. The van der Waals surface area contributed by atoms with E-state index in [1.807, 2.05) is 4.90 Å². The van der Waals surface area contributed by atoms with Gasteiger partial charge in [0.05, 0.1) is 5.56 Å². The molecule has 202 valence electrons. The van der Waals surface area contributed by atoms with Crippen molar-refractivity contribution in [2.24, 2.45) is 0 Å². The number of amides is 1. The molecule has 0 unspecified atom stereocenters. The summed E-state index contributed by atoms with van der Waals surface area (Å²) in [5.74, 6) is 0.628. The van der Waals surface area contributed by atoms with Crippen molar-refractivity contribution in [1.29, 1.82) is 0 Å². The minimum Gasteiger partial charge on any atom is -0.369 e. The van der Waals surface area contributed by atoms with Crippen molar-refractivity contribution >= 4 is 17.4 Å². The summed E-state index contributed by atoms with van der Waals surface area (Å²) in [5, 5.41) is 3.14. The normalized spacial score (nSPS) is 17.7. The van der Waals surface area contributed by atoms with Crippen LogP contribution in [0.2, 0.25) is 0 Å². The number of nitrogens with one attached hydrogen (secondary N) is 1. The second-order valence-electron chi connectivity index (χ2n) is 10.1. The quantitative estimate of drug-likeness (QED) is 0.521. The van der Waals surface area contributed by atoms with Crippen LogP contribution in [0.1, 0.15) is 50.2 Å². The molecule has 0 aliphatic carbocycles. The minimum atomic E-state index is -4.38. The van der Waals surface area contributed by atoms with Crippen LogP contribution < -0.4 is 15.1 Å². The van der Waals surface area contributed by atoms with Gasteiger partial charge in [0.15, 0.2) is 0 Å². The first-order chi connectivity index (χ1) is 17.8. The van der Waals surface area contributed by atoms with E-state index in [-0.39, 0.29) is 11.9 Å². The lowest BCUT2D eigenvalue weighted by atomic mass is 10.0. The Morgan fingerprint density at radius 3 is 2.27 bits per heavy atom. The SMILES string of the molecule is CCCc1ccc(N2CCN(CCCC(=O)NC3CCN(c4ccc(C(F)(F)F)cn4)CC3)CC2)cc1. The van der Waals surface area contributed by atoms with Crippen molar-refractivity contribution in [3.05, 3.63) is 53.7 Å². The van der Waals surface area contributed by atoms with Crippen LogP contribution in [0.25, 0.3) is 0 Å². The monoisotopic (exact) mass is 517 g/mol. The number of aryl methyl sites for hydroxylation is 1. The number of anilines is 2. The smallest absolute Gasteiger partial charge is 0.369 e. The van der Waals surface area contributed by atoms with Gasteiger partial charge in [0.2, 0.25) is 5.91 Å². The number of benzene rings is 1. The zero-order chi connectivity index (χ0) is 26.3. The number of carbonyl (C=O) groups is 1. The van der Waals surface area contributed by atoms with Crippen LogP contribution in [0.5, 0.6) is 0 Å². The molecule has 6 nitrogen and oxygen atoms in total. The van der Waals surface area contributed by atoms with E-state index in [1.165, 1.54) is 23.7 Å². The van der Waals surface area contributed by atoms with Crippen molar-refractivity contribution in [1.82, 2.24) is 15.2 Å². The van der Waals surface area contributed by atoms with Gasteiger partial charge in [-0.1, -0.05) is 25.5 Å². The Hall–Kier alpha value is -2.81. The van der Waals surface area contributed by atoms with Gasteiger partial charge >= 0.3 is 6.18 Å². The number of piperidine rings is 1. The molecule has 2 saturated heterocycles. The number of pyridine rings is 1. The molecule has 3 heterocycles. The van der Waals surface area contributed by atoms with E-state index in [9.17, 15) is 18.0 Å². The molecular formula is C28H38F3N5O. The maximum atomic E-state index is 12.7. The van der Waals surface area contributed by atoms with Crippen LogP contribution >= 0.6 is 0 Å². The van der Waals surface area contributed by atoms with Crippen LogP contribution in [0, 0.1) is 0 Å². The van der Waals surface area contributed by atoms with E-state index in [0.29, 0.717) is 25.3 Å². The lowest BCUT2D eigenvalue weighted by Crippen LogP contribution is -2.47. The second kappa shape index (κ2) is 12.6. The Morgan fingerprint density at radius 2 is 1.68 bits per heavy atom. The Labute approximate surface area is 217 Å². The molecule has 0 saturated carbocycles. The number of piperazine rings is 1. The number of nitrogens with zero attached hydrogens (tertiary/aromatic N) is 4. The lowest BCUT2D eigenvalue weighted by molar-refractivity contribution is -0.137. The Morgan fingerprint density at radius 1 is 0.973 bits per heavy atom. The van der Waals surface area contributed by atoms with E-state index < -0.39 is 11.7 Å². The summed E-state index contributed by atoms with van der Waals surface area (Å²) in [5.41, 5.74) is 1.95. The van der Waals surface area contributed by atoms with Crippen molar-refractivity contribution in [3.63, 3.8) is 0 Å². The molecule has 1 aromatic heterocycles. The number of hydrogen-bond acceptors (Lipinski definition) is 5. The highest BCUT2D eigenvalue weighted by Gasteiger charge is 2.31. The van der Waals surface area contributed by atoms with E-state index in [1.54, 1.807) is 0 Å². The summed E-state index contributed by atoms with van der Waals surface area (Å²) in [6.07, 6.45) is 1.67. The van der Waals surface area contributed by atoms with Gasteiger partial charge in [-0.3, -0.25) is 9.69 Å². The zero-order valence-electron chi connectivity index (χ0n) is 21.6. The van der Waals surface area contributed by atoms with Crippen molar-refractivity contribution < 1.29 is 18.0 Å². The molecule has 0 atom stereocenters. The van der Waals surface area contributed by atoms with E-state index in [2.05, 4.69) is 51.3 Å². The topological polar surface area (TPSA) is 51.7 Å². The van der Waals surface area contributed by atoms with Crippen LogP contribution in [-0.4, -0.2) is 67.6 Å². The molecule has 37 heavy (non-hydrogen) atoms. The fourth-order valence-electron chi connectivity index (χ4n) is 5.15. The zero-order valence-corrected chi connectivity index (χ0v) is 21.6. The van der Waals surface area contributed by atoms with Gasteiger partial charge in [-0.15, -0.1) is 0 Å². The number of carbonyl (C=O) groups excluding carboxylic acids is 1. The Kier molecular flexibility index (Phi) is 9.29. The maximum absolute atomic E-state index is 12.7. The van der Waals surface area contributed by atoms with Gasteiger partial charge in [-0.2, -0.15) is 13.2 Å². The van der Waals surface area contributed by atoms with Gasteiger partial charge in [-0.05, 0) is 62.1 Å². The first-order valence-corrected chi connectivity index (χ1v) is 13.5. The van der Waals surface area contributed by atoms with E-state index >= 15 is 0 Å². The highest BCUT2D eigenvalue weighted by Crippen LogP contribution is 2.30. The van der Waals surface area contributed by atoms with Gasteiger partial charge in [-0.25, -0.2) is 4.98 Å². The highest BCUT2D eigenvalue weighted by atomic mass is 19.4. The molecule has 2 aliphatic heterocycles. The second-order valence-corrected chi connectivity index (χ2v) is 10.1. The molecule has 9 heteroatoms. The minimum absolute atomic E-state index is 0.0805. The van der Waals surface area contributed by atoms with Crippen molar-refractivity contribution in [2.75, 3.05) is 55.6 Å². The lowest BCUT2D eigenvalue weighted by Gasteiger charge is -2.36. The molecule has 1 N–H and O–H groups in total. The predicted octanol–water partition coefficient (Wildman–Crippen LogP) is 4.74. The molecule has 4 rings (SSSR count). The summed E-state index contributed by atoms with van der Waals surface area (Å²) in [4.78, 5) is 23.3. The molecule has 1 amide bonds. The Balaban J connectivity index is 1.10. The molecule has 2 fully saturated rings. The summed E-state index contributed by atoms with van der Waals surface area (Å²) in [7, 11) is 0. The summed E-state index contributed by atoms with van der Waals surface area (Å²) in [6.45, 7) is 8.48. The third kappa shape index (κ3) is 7.84. The maximum Gasteiger partial charge on any atom is 0.417 e. The standard InChI is InChI=1S/C28H38F3N5O/c1-2-4-22-6-9-25(10-7-22)35-19-17-34(18-20-35)14-3-5-27(37)33-24-12-15-36(16-13-24)26-11-8-23(21-32-26)28(29,30)31/h6-11,21,24H,2-5,12-20H2,1H3,(H,33,37). The van der Waals surface area contributed by atoms with E-state index in [0.717, 1.165) is 70.7 Å². The van der Waals surface area contributed by atoms with Gasteiger partial charge in [0.1, 0.15) is 5.82 Å². The molecule has 0 radical (unpaired) electrons. The number of rotatable bonds is 9.